The Morgan fingerprint density at radius 2 is 1.59 bits per heavy atom. The molecule has 190 valence electrons. The van der Waals surface area contributed by atoms with Gasteiger partial charge in [0.1, 0.15) is 30.7 Å². The number of carboxylic acids is 1. The lowest BCUT2D eigenvalue weighted by Crippen LogP contribution is -2.61. The first-order valence-electron chi connectivity index (χ1n) is 10.7. The number of amides is 1. The van der Waals surface area contributed by atoms with Crippen LogP contribution in [-0.2, 0) is 30.5 Å². The lowest BCUT2D eigenvalue weighted by Gasteiger charge is -2.38. The standard InChI is InChI=1S/C23H33NO10/c1-22(2,3)20(30)24-12-9-11(10-32-21(31)23(4,5)6)7-8-13(12)33-19-16(27)14(25)15(26)17(34-19)18(28)29/h7-9,14-17,19,25-27H,10H2,1-6H3,(H,24,30)(H,28,29)/t14-,15-,16+,17-,19+/m0/s1. The molecule has 34 heavy (non-hydrogen) atoms. The van der Waals surface area contributed by atoms with E-state index >= 15 is 0 Å². The van der Waals surface area contributed by atoms with Crippen molar-refractivity contribution >= 4 is 23.5 Å². The van der Waals surface area contributed by atoms with Gasteiger partial charge < -0.3 is 40.0 Å². The SMILES string of the molecule is CC(C)(C)C(=O)Nc1cc(COC(=O)C(C)(C)C)ccc1O[C@@H]1O[C@H](C(=O)O)[C@@H](O)[C@H](O)[C@H]1O. The van der Waals surface area contributed by atoms with E-state index in [-0.39, 0.29) is 24.0 Å². The van der Waals surface area contributed by atoms with Crippen LogP contribution in [0.1, 0.15) is 47.1 Å². The van der Waals surface area contributed by atoms with Crippen molar-refractivity contribution in [1.29, 1.82) is 0 Å². The second-order valence-electron chi connectivity index (χ2n) is 10.2. The average Bonchev–Trinajstić information content (AvgIpc) is 2.71. The van der Waals surface area contributed by atoms with E-state index < -0.39 is 53.5 Å². The highest BCUT2D eigenvalue weighted by molar-refractivity contribution is 5.95. The molecule has 0 spiro atoms. The summed E-state index contributed by atoms with van der Waals surface area (Å²) in [6, 6.07) is 4.47. The van der Waals surface area contributed by atoms with Crippen molar-refractivity contribution in [1.82, 2.24) is 0 Å². The van der Waals surface area contributed by atoms with Crippen LogP contribution >= 0.6 is 0 Å². The molecule has 5 N–H and O–H groups in total. The maximum Gasteiger partial charge on any atom is 0.335 e. The summed E-state index contributed by atoms with van der Waals surface area (Å²) < 4.78 is 16.1. The number of esters is 1. The fourth-order valence-electron chi connectivity index (χ4n) is 2.82. The number of hydrogen-bond acceptors (Lipinski definition) is 9. The fourth-order valence-corrected chi connectivity index (χ4v) is 2.82. The minimum atomic E-state index is -1.87. The zero-order chi connectivity index (χ0) is 26.0. The molecule has 1 fully saturated rings. The molecule has 0 radical (unpaired) electrons. The predicted molar refractivity (Wildman–Crippen MR) is 119 cm³/mol. The van der Waals surface area contributed by atoms with E-state index in [0.29, 0.717) is 5.56 Å². The summed E-state index contributed by atoms with van der Waals surface area (Å²) >= 11 is 0. The lowest BCUT2D eigenvalue weighted by atomic mass is 9.95. The summed E-state index contributed by atoms with van der Waals surface area (Å²) in [5.41, 5.74) is -0.806. The van der Waals surface area contributed by atoms with Crippen LogP contribution in [0.25, 0.3) is 0 Å². The zero-order valence-electron chi connectivity index (χ0n) is 20.1. The highest BCUT2D eigenvalue weighted by Gasteiger charge is 2.48. The number of ether oxygens (including phenoxy) is 3. The smallest absolute Gasteiger partial charge is 0.335 e. The number of nitrogens with one attached hydrogen (secondary N) is 1. The van der Waals surface area contributed by atoms with Crippen LogP contribution in [0.4, 0.5) is 5.69 Å². The minimum absolute atomic E-state index is 0.000256. The maximum atomic E-state index is 12.6. The van der Waals surface area contributed by atoms with Crippen LogP contribution in [0.15, 0.2) is 18.2 Å². The number of carbonyl (C=O) groups is 3. The van der Waals surface area contributed by atoms with Gasteiger partial charge in [-0.15, -0.1) is 0 Å². The predicted octanol–water partition coefficient (Wildman–Crippen LogP) is 1.03. The molecule has 11 nitrogen and oxygen atoms in total. The second kappa shape index (κ2) is 10.3. The van der Waals surface area contributed by atoms with Crippen LogP contribution in [0.5, 0.6) is 5.75 Å². The number of rotatable bonds is 6. The third-order valence-corrected chi connectivity index (χ3v) is 5.01. The van der Waals surface area contributed by atoms with Crippen LogP contribution in [0, 0.1) is 10.8 Å². The van der Waals surface area contributed by atoms with Crippen molar-refractivity contribution < 1.29 is 49.0 Å². The van der Waals surface area contributed by atoms with Crippen molar-refractivity contribution in [2.45, 2.75) is 78.9 Å². The molecule has 0 bridgehead atoms. The van der Waals surface area contributed by atoms with E-state index in [1.54, 1.807) is 47.6 Å². The molecule has 1 aromatic rings. The Hall–Kier alpha value is -2.73. The molecule has 1 heterocycles. The molecule has 1 aliphatic rings. The van der Waals surface area contributed by atoms with Gasteiger partial charge >= 0.3 is 11.9 Å². The largest absolute Gasteiger partial charge is 0.479 e. The van der Waals surface area contributed by atoms with Gasteiger partial charge in [0.15, 0.2) is 6.10 Å². The van der Waals surface area contributed by atoms with Crippen LogP contribution in [-0.4, -0.2) is 69.0 Å². The number of anilines is 1. The van der Waals surface area contributed by atoms with Crippen molar-refractivity contribution in [3.05, 3.63) is 23.8 Å². The molecule has 5 atom stereocenters. The molecule has 1 aliphatic heterocycles. The quantitative estimate of drug-likeness (QED) is 0.368. The van der Waals surface area contributed by atoms with Gasteiger partial charge in [-0.2, -0.15) is 0 Å². The first-order chi connectivity index (χ1) is 15.5. The number of benzene rings is 1. The highest BCUT2D eigenvalue weighted by Crippen LogP contribution is 2.32. The second-order valence-corrected chi connectivity index (χ2v) is 10.2. The topological polar surface area (TPSA) is 172 Å². The summed E-state index contributed by atoms with van der Waals surface area (Å²) in [5.74, 6) is -2.34. The van der Waals surface area contributed by atoms with Crippen LogP contribution in [0.3, 0.4) is 0 Å². The molecular weight excluding hydrogens is 450 g/mol. The van der Waals surface area contributed by atoms with E-state index in [0.717, 1.165) is 0 Å². The molecule has 0 aliphatic carbocycles. The fraction of sp³-hybridized carbons (Fsp3) is 0.609. The molecule has 1 amide bonds. The summed E-state index contributed by atoms with van der Waals surface area (Å²) in [4.78, 5) is 36.0. The minimum Gasteiger partial charge on any atom is -0.479 e. The van der Waals surface area contributed by atoms with Gasteiger partial charge in [0, 0.05) is 5.41 Å². The Bertz CT molecular complexity index is 917. The molecule has 0 saturated carbocycles. The number of aliphatic hydroxyl groups excluding tert-OH is 3. The number of hydrogen-bond donors (Lipinski definition) is 5. The third kappa shape index (κ3) is 6.66. The number of aliphatic carboxylic acids is 1. The molecule has 0 aromatic heterocycles. The van der Waals surface area contributed by atoms with Crippen molar-refractivity contribution in [3.8, 4) is 5.75 Å². The van der Waals surface area contributed by atoms with Gasteiger partial charge in [-0.25, -0.2) is 4.79 Å². The Morgan fingerprint density at radius 3 is 2.12 bits per heavy atom. The highest BCUT2D eigenvalue weighted by atomic mass is 16.7. The van der Waals surface area contributed by atoms with Gasteiger partial charge in [-0.05, 0) is 38.5 Å². The summed E-state index contributed by atoms with van der Waals surface area (Å²) in [6.45, 7) is 10.2. The first kappa shape index (κ1) is 27.5. The zero-order valence-corrected chi connectivity index (χ0v) is 20.1. The molecule has 2 rings (SSSR count). The Balaban J connectivity index is 2.33. The first-order valence-corrected chi connectivity index (χ1v) is 10.7. The van der Waals surface area contributed by atoms with E-state index in [1.165, 1.54) is 12.1 Å². The molecule has 1 aromatic carbocycles. The van der Waals surface area contributed by atoms with Gasteiger partial charge in [-0.1, -0.05) is 26.8 Å². The Labute approximate surface area is 197 Å². The van der Waals surface area contributed by atoms with E-state index in [4.69, 9.17) is 14.2 Å². The van der Waals surface area contributed by atoms with E-state index in [2.05, 4.69) is 5.32 Å². The molecule has 0 unspecified atom stereocenters. The van der Waals surface area contributed by atoms with E-state index in [1.807, 2.05) is 0 Å². The average molecular weight is 484 g/mol. The Morgan fingerprint density at radius 1 is 0.971 bits per heavy atom. The lowest BCUT2D eigenvalue weighted by molar-refractivity contribution is -0.271. The number of aliphatic hydroxyl groups is 3. The normalized spacial score (nSPS) is 25.4. The van der Waals surface area contributed by atoms with Crippen LogP contribution < -0.4 is 10.1 Å². The maximum absolute atomic E-state index is 12.6. The molecule has 1 saturated heterocycles. The summed E-state index contributed by atoms with van der Waals surface area (Å²) in [7, 11) is 0. The number of carboxylic acid groups (broad SMARTS) is 1. The van der Waals surface area contributed by atoms with Crippen molar-refractivity contribution in [2.75, 3.05) is 5.32 Å². The molecular formula is C23H33NO10. The molecule has 11 heteroatoms. The van der Waals surface area contributed by atoms with E-state index in [9.17, 15) is 34.8 Å². The van der Waals surface area contributed by atoms with Gasteiger partial charge in [0.2, 0.25) is 12.2 Å². The van der Waals surface area contributed by atoms with Gasteiger partial charge in [0.25, 0.3) is 0 Å². The Kier molecular flexibility index (Phi) is 8.30. The third-order valence-electron chi connectivity index (χ3n) is 5.01. The van der Waals surface area contributed by atoms with Crippen LogP contribution in [0.2, 0.25) is 0 Å². The summed E-state index contributed by atoms with van der Waals surface area (Å²) in [5, 5.41) is 42.1. The summed E-state index contributed by atoms with van der Waals surface area (Å²) in [6.07, 6.45) is -8.98. The monoisotopic (exact) mass is 483 g/mol. The van der Waals surface area contributed by atoms with Crippen molar-refractivity contribution in [2.24, 2.45) is 10.8 Å². The van der Waals surface area contributed by atoms with Gasteiger partial charge in [0.05, 0.1) is 11.1 Å². The number of carbonyl (C=O) groups excluding carboxylic acids is 2. The van der Waals surface area contributed by atoms with Gasteiger partial charge in [-0.3, -0.25) is 9.59 Å². The van der Waals surface area contributed by atoms with Crippen molar-refractivity contribution in [3.63, 3.8) is 0 Å².